The molecule has 110 valence electrons. The molecule has 2 aromatic rings. The van der Waals surface area contributed by atoms with Crippen molar-refractivity contribution in [3.05, 3.63) is 65.7 Å². The van der Waals surface area contributed by atoms with Crippen molar-refractivity contribution < 1.29 is 14.3 Å². The fourth-order valence-electron chi connectivity index (χ4n) is 2.12. The van der Waals surface area contributed by atoms with Crippen molar-refractivity contribution in [2.45, 2.75) is 26.1 Å². The molecule has 3 heteroatoms. The Kier molecular flexibility index (Phi) is 5.52. The maximum Gasteiger partial charge on any atom is 0.132 e. The summed E-state index contributed by atoms with van der Waals surface area (Å²) in [5.41, 5.74) is 2.12. The highest BCUT2D eigenvalue weighted by Crippen LogP contribution is 2.23. The molecular formula is C18H20O3. The van der Waals surface area contributed by atoms with Gasteiger partial charge in [0.05, 0.1) is 6.10 Å². The standard InChI is InChI=1S/C18H20O3/c1-14(19)12-18(20-2)16-8-10-17(11-9-16)21-13-15-6-4-3-5-7-15/h3-11,18H,12-13H2,1-2H3. The van der Waals surface area contributed by atoms with Crippen molar-refractivity contribution in [3.63, 3.8) is 0 Å². The second kappa shape index (κ2) is 7.60. The van der Waals surface area contributed by atoms with E-state index in [1.54, 1.807) is 14.0 Å². The summed E-state index contributed by atoms with van der Waals surface area (Å²) in [5.74, 6) is 0.923. The molecule has 21 heavy (non-hydrogen) atoms. The molecule has 0 aliphatic rings. The number of ketones is 1. The lowest BCUT2D eigenvalue weighted by Crippen LogP contribution is -2.06. The zero-order valence-corrected chi connectivity index (χ0v) is 12.4. The smallest absolute Gasteiger partial charge is 0.132 e. The highest BCUT2D eigenvalue weighted by molar-refractivity contribution is 5.76. The van der Waals surface area contributed by atoms with Gasteiger partial charge in [-0.05, 0) is 30.2 Å². The predicted octanol–water partition coefficient (Wildman–Crippen LogP) is 3.93. The molecule has 0 aliphatic carbocycles. The van der Waals surface area contributed by atoms with Gasteiger partial charge in [0.25, 0.3) is 0 Å². The van der Waals surface area contributed by atoms with Crippen LogP contribution in [-0.4, -0.2) is 12.9 Å². The molecule has 0 saturated carbocycles. The van der Waals surface area contributed by atoms with Crippen molar-refractivity contribution in [1.82, 2.24) is 0 Å². The Hall–Kier alpha value is -2.13. The van der Waals surface area contributed by atoms with Crippen LogP contribution in [0.3, 0.4) is 0 Å². The Balaban J connectivity index is 1.96. The largest absolute Gasteiger partial charge is 0.489 e. The molecule has 0 saturated heterocycles. The summed E-state index contributed by atoms with van der Waals surface area (Å²) in [6.07, 6.45) is 0.200. The van der Waals surface area contributed by atoms with Gasteiger partial charge in [0.15, 0.2) is 0 Å². The fourth-order valence-corrected chi connectivity index (χ4v) is 2.12. The maximum atomic E-state index is 11.2. The second-order valence-corrected chi connectivity index (χ2v) is 4.97. The van der Waals surface area contributed by atoms with Crippen molar-refractivity contribution in [2.24, 2.45) is 0 Å². The molecule has 0 heterocycles. The lowest BCUT2D eigenvalue weighted by molar-refractivity contribution is -0.119. The molecule has 0 aliphatic heterocycles. The van der Waals surface area contributed by atoms with Crippen LogP contribution in [0.1, 0.15) is 30.6 Å². The Morgan fingerprint density at radius 2 is 1.71 bits per heavy atom. The summed E-state index contributed by atoms with van der Waals surface area (Å²) in [6.45, 7) is 2.12. The van der Waals surface area contributed by atoms with Crippen LogP contribution in [0.2, 0.25) is 0 Å². The summed E-state index contributed by atoms with van der Waals surface area (Å²) in [4.78, 5) is 11.2. The van der Waals surface area contributed by atoms with E-state index in [9.17, 15) is 4.79 Å². The molecule has 0 fully saturated rings. The molecule has 0 spiro atoms. The number of benzene rings is 2. The van der Waals surface area contributed by atoms with Crippen LogP contribution >= 0.6 is 0 Å². The van der Waals surface area contributed by atoms with Crippen LogP contribution in [-0.2, 0) is 16.1 Å². The summed E-state index contributed by atoms with van der Waals surface area (Å²) in [6, 6.07) is 17.7. The van der Waals surface area contributed by atoms with Crippen LogP contribution in [0.15, 0.2) is 54.6 Å². The number of Topliss-reactive ketones (excluding diaryl/α,β-unsaturated/α-hetero) is 1. The van der Waals surface area contributed by atoms with Crippen molar-refractivity contribution in [3.8, 4) is 5.75 Å². The SMILES string of the molecule is COC(CC(C)=O)c1ccc(OCc2ccccc2)cc1. The van der Waals surface area contributed by atoms with E-state index in [1.807, 2.05) is 54.6 Å². The van der Waals surface area contributed by atoms with E-state index < -0.39 is 0 Å². The zero-order chi connectivity index (χ0) is 15.1. The van der Waals surface area contributed by atoms with E-state index in [1.165, 1.54) is 0 Å². The minimum absolute atomic E-state index is 0.117. The van der Waals surface area contributed by atoms with Crippen LogP contribution in [0, 0.1) is 0 Å². The Labute approximate surface area is 125 Å². The minimum atomic E-state index is -0.189. The molecule has 0 bridgehead atoms. The van der Waals surface area contributed by atoms with Gasteiger partial charge in [-0.3, -0.25) is 4.79 Å². The molecule has 0 aromatic heterocycles. The normalized spacial score (nSPS) is 11.9. The average Bonchev–Trinajstić information content (AvgIpc) is 2.52. The highest BCUT2D eigenvalue weighted by atomic mass is 16.5. The Morgan fingerprint density at radius 3 is 2.29 bits per heavy atom. The first-order chi connectivity index (χ1) is 10.2. The predicted molar refractivity (Wildman–Crippen MR) is 82.3 cm³/mol. The van der Waals surface area contributed by atoms with E-state index in [-0.39, 0.29) is 11.9 Å². The van der Waals surface area contributed by atoms with Gasteiger partial charge in [-0.2, -0.15) is 0 Å². The lowest BCUT2D eigenvalue weighted by atomic mass is 10.0. The molecular weight excluding hydrogens is 264 g/mol. The van der Waals surface area contributed by atoms with E-state index in [2.05, 4.69) is 0 Å². The third-order valence-electron chi connectivity index (χ3n) is 3.26. The first kappa shape index (κ1) is 15.3. The third-order valence-corrected chi connectivity index (χ3v) is 3.26. The van der Waals surface area contributed by atoms with Crippen LogP contribution < -0.4 is 4.74 Å². The number of rotatable bonds is 7. The van der Waals surface area contributed by atoms with Gasteiger partial charge in [-0.1, -0.05) is 42.5 Å². The molecule has 0 radical (unpaired) electrons. The van der Waals surface area contributed by atoms with E-state index in [4.69, 9.17) is 9.47 Å². The average molecular weight is 284 g/mol. The number of ether oxygens (including phenoxy) is 2. The topological polar surface area (TPSA) is 35.5 Å². The molecule has 1 atom stereocenters. The van der Waals surface area contributed by atoms with E-state index >= 15 is 0 Å². The van der Waals surface area contributed by atoms with E-state index in [0.29, 0.717) is 13.0 Å². The summed E-state index contributed by atoms with van der Waals surface area (Å²) < 4.78 is 11.1. The molecule has 3 nitrogen and oxygen atoms in total. The third kappa shape index (κ3) is 4.72. The van der Waals surface area contributed by atoms with E-state index in [0.717, 1.165) is 16.9 Å². The van der Waals surface area contributed by atoms with Crippen molar-refractivity contribution >= 4 is 5.78 Å². The zero-order valence-electron chi connectivity index (χ0n) is 12.4. The molecule has 2 rings (SSSR count). The summed E-state index contributed by atoms with van der Waals surface area (Å²) in [7, 11) is 1.62. The van der Waals surface area contributed by atoms with Gasteiger partial charge in [0, 0.05) is 13.5 Å². The Morgan fingerprint density at radius 1 is 1.05 bits per heavy atom. The summed E-state index contributed by atoms with van der Waals surface area (Å²) >= 11 is 0. The quantitative estimate of drug-likeness (QED) is 0.772. The van der Waals surface area contributed by atoms with Gasteiger partial charge < -0.3 is 9.47 Å². The fraction of sp³-hybridized carbons (Fsp3) is 0.278. The highest BCUT2D eigenvalue weighted by Gasteiger charge is 2.12. The second-order valence-electron chi connectivity index (χ2n) is 4.97. The van der Waals surface area contributed by atoms with Crippen molar-refractivity contribution in [1.29, 1.82) is 0 Å². The number of methoxy groups -OCH3 is 1. The minimum Gasteiger partial charge on any atom is -0.489 e. The first-order valence-electron chi connectivity index (χ1n) is 6.98. The van der Waals surface area contributed by atoms with Gasteiger partial charge in [-0.25, -0.2) is 0 Å². The Bertz CT molecular complexity index is 561. The monoisotopic (exact) mass is 284 g/mol. The first-order valence-corrected chi connectivity index (χ1v) is 6.98. The van der Waals surface area contributed by atoms with Gasteiger partial charge in [-0.15, -0.1) is 0 Å². The molecule has 2 aromatic carbocycles. The number of hydrogen-bond acceptors (Lipinski definition) is 3. The van der Waals surface area contributed by atoms with Crippen LogP contribution in [0.4, 0.5) is 0 Å². The maximum absolute atomic E-state index is 11.2. The number of carbonyl (C=O) groups excluding carboxylic acids is 1. The lowest BCUT2D eigenvalue weighted by Gasteiger charge is -2.14. The van der Waals surface area contributed by atoms with Gasteiger partial charge in [0.2, 0.25) is 0 Å². The van der Waals surface area contributed by atoms with Crippen LogP contribution in [0.25, 0.3) is 0 Å². The van der Waals surface area contributed by atoms with Gasteiger partial charge >= 0.3 is 0 Å². The molecule has 0 amide bonds. The number of carbonyl (C=O) groups is 1. The van der Waals surface area contributed by atoms with Crippen LogP contribution in [0.5, 0.6) is 5.75 Å². The van der Waals surface area contributed by atoms with Crippen molar-refractivity contribution in [2.75, 3.05) is 7.11 Å². The molecule has 0 N–H and O–H groups in total. The molecule has 1 unspecified atom stereocenters. The van der Waals surface area contributed by atoms with Gasteiger partial charge in [0.1, 0.15) is 18.1 Å². The number of hydrogen-bond donors (Lipinski definition) is 0. The summed E-state index contributed by atoms with van der Waals surface area (Å²) in [5, 5.41) is 0.